The maximum absolute atomic E-state index is 11.0. The molecule has 0 bridgehead atoms. The number of esters is 2. The van der Waals surface area contributed by atoms with Gasteiger partial charge in [0.1, 0.15) is 13.1 Å². The molecule has 0 aromatic heterocycles. The van der Waals surface area contributed by atoms with Crippen LogP contribution in [0.25, 0.3) is 0 Å². The Morgan fingerprint density at radius 1 is 1.25 bits per heavy atom. The molecule has 0 atom stereocenters. The average Bonchev–Trinajstić information content (AvgIpc) is 2.28. The molecule has 0 rings (SSSR count). The van der Waals surface area contributed by atoms with Gasteiger partial charge < -0.3 is 14.4 Å². The molecule has 0 spiro atoms. The van der Waals surface area contributed by atoms with Crippen molar-refractivity contribution in [1.82, 2.24) is 4.90 Å². The normalized spacial score (nSPS) is 10.7. The van der Waals surface area contributed by atoms with Crippen LogP contribution in [0.4, 0.5) is 0 Å². The number of hydrogen-bond acceptors (Lipinski definition) is 5. The summed E-state index contributed by atoms with van der Waals surface area (Å²) in [6, 6.07) is 0. The molecule has 90 valence electrons. The number of carbonyl (C=O) groups is 2. The van der Waals surface area contributed by atoms with Gasteiger partial charge >= 0.3 is 11.9 Å². The quantitative estimate of drug-likeness (QED) is 0.369. The fourth-order valence-corrected chi connectivity index (χ4v) is 0.822. The summed E-state index contributed by atoms with van der Waals surface area (Å²) in [5.41, 5.74) is 0. The molecule has 0 N–H and O–H groups in total. The molecule has 0 heterocycles. The van der Waals surface area contributed by atoms with E-state index < -0.39 is 5.97 Å². The lowest BCUT2D eigenvalue weighted by Crippen LogP contribution is -2.25. The van der Waals surface area contributed by atoms with Gasteiger partial charge in [-0.2, -0.15) is 0 Å². The Balaban J connectivity index is 4.22. The molecule has 0 aliphatic heterocycles. The van der Waals surface area contributed by atoms with E-state index in [1.807, 2.05) is 0 Å². The molecule has 0 saturated carbocycles. The largest absolute Gasteiger partial charge is 0.468 e. The van der Waals surface area contributed by atoms with E-state index in [-0.39, 0.29) is 19.1 Å². The second-order valence-electron chi connectivity index (χ2n) is 2.76. The van der Waals surface area contributed by atoms with Crippen molar-refractivity contribution in [2.24, 2.45) is 4.99 Å². The molecule has 0 saturated heterocycles. The highest BCUT2D eigenvalue weighted by molar-refractivity contribution is 5.77. The third-order valence-corrected chi connectivity index (χ3v) is 1.56. The average molecular weight is 228 g/mol. The zero-order valence-electron chi connectivity index (χ0n) is 9.67. The molecule has 0 aromatic carbocycles. The molecule has 16 heavy (non-hydrogen) atoms. The van der Waals surface area contributed by atoms with Crippen LogP contribution in [-0.2, 0) is 19.1 Å². The first-order valence-corrected chi connectivity index (χ1v) is 4.66. The topological polar surface area (TPSA) is 68.2 Å². The maximum Gasteiger partial charge on any atom is 0.327 e. The Labute approximate surface area is 94.5 Å². The third-order valence-electron chi connectivity index (χ3n) is 1.56. The molecule has 6 heteroatoms. The Hall–Kier alpha value is -1.85. The predicted octanol–water partition coefficient (Wildman–Crippen LogP) is 0.196. The van der Waals surface area contributed by atoms with Gasteiger partial charge in [0.05, 0.1) is 20.6 Å². The number of allylic oxidation sites excluding steroid dienone is 1. The van der Waals surface area contributed by atoms with Crippen molar-refractivity contribution in [2.75, 3.05) is 27.3 Å². The fraction of sp³-hybridized carbons (Fsp3) is 0.500. The van der Waals surface area contributed by atoms with Gasteiger partial charge in [-0.25, -0.2) is 0 Å². The molecule has 0 unspecified atom stereocenters. The number of hydrogen-bond donors (Lipinski definition) is 0. The van der Waals surface area contributed by atoms with Crippen molar-refractivity contribution in [3.8, 4) is 0 Å². The predicted molar refractivity (Wildman–Crippen MR) is 58.9 cm³/mol. The van der Waals surface area contributed by atoms with Crippen LogP contribution in [0.3, 0.4) is 0 Å². The van der Waals surface area contributed by atoms with Crippen LogP contribution in [0.2, 0.25) is 0 Å². The second-order valence-corrected chi connectivity index (χ2v) is 2.76. The number of methoxy groups -OCH3 is 2. The van der Waals surface area contributed by atoms with Gasteiger partial charge in [-0.15, -0.1) is 0 Å². The van der Waals surface area contributed by atoms with E-state index in [1.165, 1.54) is 25.5 Å². The lowest BCUT2D eigenvalue weighted by molar-refractivity contribution is -0.140. The van der Waals surface area contributed by atoms with Crippen LogP contribution < -0.4 is 0 Å². The number of nitrogens with zero attached hydrogens (tertiary/aromatic N) is 2. The Bertz CT molecular complexity index is 287. The van der Waals surface area contributed by atoms with E-state index in [9.17, 15) is 9.59 Å². The van der Waals surface area contributed by atoms with E-state index in [0.29, 0.717) is 0 Å². The van der Waals surface area contributed by atoms with Crippen molar-refractivity contribution in [2.45, 2.75) is 6.92 Å². The molecular weight excluding hydrogens is 212 g/mol. The van der Waals surface area contributed by atoms with Crippen molar-refractivity contribution in [3.63, 3.8) is 0 Å². The van der Waals surface area contributed by atoms with Gasteiger partial charge in [0.15, 0.2) is 0 Å². The standard InChI is InChI=1S/C10H16N2O4/c1-4-5-12(7-10(14)16-3)8-11-6-9(13)15-2/h4-5,8H,6-7H2,1-3H3/b5-4-,11-8+. The minimum atomic E-state index is -0.435. The van der Waals surface area contributed by atoms with Crippen LogP contribution >= 0.6 is 0 Å². The van der Waals surface area contributed by atoms with E-state index in [0.717, 1.165) is 0 Å². The van der Waals surface area contributed by atoms with Gasteiger partial charge in [-0.05, 0) is 6.92 Å². The molecule has 0 fully saturated rings. The van der Waals surface area contributed by atoms with Gasteiger partial charge in [0, 0.05) is 6.20 Å². The Kier molecular flexibility index (Phi) is 7.48. The van der Waals surface area contributed by atoms with Crippen LogP contribution in [0.15, 0.2) is 17.3 Å². The molecule has 0 aromatic rings. The highest BCUT2D eigenvalue weighted by atomic mass is 16.5. The summed E-state index contributed by atoms with van der Waals surface area (Å²) >= 11 is 0. The zero-order chi connectivity index (χ0) is 12.4. The Morgan fingerprint density at radius 2 is 1.88 bits per heavy atom. The second kappa shape index (κ2) is 8.46. The third kappa shape index (κ3) is 6.58. The summed E-state index contributed by atoms with van der Waals surface area (Å²) in [7, 11) is 2.60. The number of rotatable bonds is 6. The van der Waals surface area contributed by atoms with Crippen LogP contribution in [-0.4, -0.2) is 50.5 Å². The minimum absolute atomic E-state index is 0.0471. The highest BCUT2D eigenvalue weighted by Crippen LogP contribution is 1.89. The van der Waals surface area contributed by atoms with Crippen molar-refractivity contribution < 1.29 is 19.1 Å². The van der Waals surface area contributed by atoms with Gasteiger partial charge in [-0.1, -0.05) is 6.08 Å². The number of aliphatic imine (C=N–C) groups is 1. The van der Waals surface area contributed by atoms with Crippen LogP contribution in [0, 0.1) is 0 Å². The fourth-order valence-electron chi connectivity index (χ4n) is 0.822. The summed E-state index contributed by atoms with van der Waals surface area (Å²) in [4.78, 5) is 27.1. The zero-order valence-corrected chi connectivity index (χ0v) is 9.67. The van der Waals surface area contributed by atoms with E-state index in [4.69, 9.17) is 0 Å². The lowest BCUT2D eigenvalue weighted by atomic mass is 10.5. The van der Waals surface area contributed by atoms with Gasteiger partial charge in [0.25, 0.3) is 0 Å². The van der Waals surface area contributed by atoms with Crippen LogP contribution in [0.1, 0.15) is 6.92 Å². The minimum Gasteiger partial charge on any atom is -0.468 e. The molecule has 0 amide bonds. The molecule has 6 nitrogen and oxygen atoms in total. The van der Waals surface area contributed by atoms with Gasteiger partial charge in [0.2, 0.25) is 0 Å². The summed E-state index contributed by atoms with van der Waals surface area (Å²) < 4.78 is 8.92. The smallest absolute Gasteiger partial charge is 0.327 e. The monoisotopic (exact) mass is 228 g/mol. The highest BCUT2D eigenvalue weighted by Gasteiger charge is 2.04. The summed E-state index contributed by atoms with van der Waals surface area (Å²) in [6.45, 7) is 1.77. The molecule has 0 aliphatic rings. The lowest BCUT2D eigenvalue weighted by Gasteiger charge is -2.12. The maximum atomic E-state index is 11.0. The van der Waals surface area contributed by atoms with Crippen molar-refractivity contribution in [1.29, 1.82) is 0 Å². The van der Waals surface area contributed by atoms with Crippen molar-refractivity contribution >= 4 is 18.3 Å². The number of ether oxygens (including phenoxy) is 2. The van der Waals surface area contributed by atoms with E-state index in [2.05, 4.69) is 14.5 Å². The SMILES string of the molecule is C/C=C\N(/C=N/CC(=O)OC)CC(=O)OC. The number of carbonyl (C=O) groups excluding carboxylic acids is 2. The summed E-state index contributed by atoms with van der Waals surface area (Å²) in [5, 5.41) is 0. The van der Waals surface area contributed by atoms with Gasteiger partial charge in [-0.3, -0.25) is 14.6 Å². The van der Waals surface area contributed by atoms with E-state index in [1.54, 1.807) is 19.2 Å². The molecule has 0 aliphatic carbocycles. The summed E-state index contributed by atoms with van der Waals surface area (Å²) in [6.07, 6.45) is 4.78. The molecule has 0 radical (unpaired) electrons. The Morgan fingerprint density at radius 3 is 2.38 bits per heavy atom. The first-order valence-electron chi connectivity index (χ1n) is 4.66. The molecular formula is C10H16N2O4. The van der Waals surface area contributed by atoms with Crippen LogP contribution in [0.5, 0.6) is 0 Å². The summed E-state index contributed by atoms with van der Waals surface area (Å²) in [5.74, 6) is -0.822. The first kappa shape index (κ1) is 14.2. The van der Waals surface area contributed by atoms with E-state index >= 15 is 0 Å². The first-order chi connectivity index (χ1) is 7.63. The van der Waals surface area contributed by atoms with Crippen molar-refractivity contribution in [3.05, 3.63) is 12.3 Å².